The highest BCUT2D eigenvalue weighted by Gasteiger charge is 2.03. The molecule has 0 saturated carbocycles. The third-order valence-corrected chi connectivity index (χ3v) is 2.51. The van der Waals surface area contributed by atoms with Gasteiger partial charge < -0.3 is 10.1 Å². The molecule has 92 valence electrons. The third-order valence-electron chi connectivity index (χ3n) is 2.21. The normalized spacial score (nSPS) is 10.3. The van der Waals surface area contributed by atoms with Crippen LogP contribution in [0.2, 0.25) is 5.02 Å². The monoisotopic (exact) mass is 251 g/mol. The summed E-state index contributed by atoms with van der Waals surface area (Å²) < 4.78 is 5.46. The van der Waals surface area contributed by atoms with Gasteiger partial charge >= 0.3 is 0 Å². The molecular formula is C14H18ClNO. The minimum absolute atomic E-state index is 0.459. The maximum Gasteiger partial charge on any atom is 0.137 e. The number of nitrogens with one attached hydrogen (secondary N) is 1. The predicted molar refractivity (Wildman–Crippen MR) is 72.4 cm³/mol. The van der Waals surface area contributed by atoms with Crippen molar-refractivity contribution in [2.24, 2.45) is 0 Å². The highest BCUT2D eigenvalue weighted by atomic mass is 35.5. The Bertz CT molecular complexity index is 396. The first-order chi connectivity index (χ1) is 8.13. The zero-order valence-electron chi connectivity index (χ0n) is 10.3. The summed E-state index contributed by atoms with van der Waals surface area (Å²) in [6, 6.07) is 6.27. The lowest BCUT2D eigenvalue weighted by atomic mass is 10.2. The van der Waals surface area contributed by atoms with Crippen molar-refractivity contribution in [1.82, 2.24) is 5.32 Å². The second kappa shape index (κ2) is 7.21. The van der Waals surface area contributed by atoms with Crippen molar-refractivity contribution in [3.63, 3.8) is 0 Å². The van der Waals surface area contributed by atoms with E-state index in [1.165, 1.54) is 0 Å². The highest BCUT2D eigenvalue weighted by Crippen LogP contribution is 2.25. The zero-order chi connectivity index (χ0) is 12.7. The second-order valence-corrected chi connectivity index (χ2v) is 4.51. The number of halogens is 1. The molecule has 1 aromatic carbocycles. The highest BCUT2D eigenvalue weighted by molar-refractivity contribution is 6.32. The standard InChI is InChI=1S/C14H18ClNO/c1-4-5-8-17-14-7-6-12(9-13(14)15)10-16-11(2)3/h1,6-7,9,11,16H,5,8,10H2,2-3H3. The van der Waals surface area contributed by atoms with Gasteiger partial charge in [-0.25, -0.2) is 0 Å². The lowest BCUT2D eigenvalue weighted by Crippen LogP contribution is -2.21. The average molecular weight is 252 g/mol. The minimum Gasteiger partial charge on any atom is -0.491 e. The van der Waals surface area contributed by atoms with Gasteiger partial charge in [-0.1, -0.05) is 31.5 Å². The first-order valence-corrected chi connectivity index (χ1v) is 6.09. The van der Waals surface area contributed by atoms with Gasteiger partial charge in [0.1, 0.15) is 5.75 Å². The molecule has 1 N–H and O–H groups in total. The van der Waals surface area contributed by atoms with Gasteiger partial charge in [-0.3, -0.25) is 0 Å². The Morgan fingerprint density at radius 1 is 1.47 bits per heavy atom. The first-order valence-electron chi connectivity index (χ1n) is 5.71. The molecule has 0 unspecified atom stereocenters. The Morgan fingerprint density at radius 3 is 2.82 bits per heavy atom. The number of rotatable bonds is 6. The fourth-order valence-corrected chi connectivity index (χ4v) is 1.57. The van der Waals surface area contributed by atoms with Crippen molar-refractivity contribution < 1.29 is 4.74 Å². The van der Waals surface area contributed by atoms with E-state index in [2.05, 4.69) is 25.1 Å². The van der Waals surface area contributed by atoms with Crippen molar-refractivity contribution >= 4 is 11.6 Å². The molecule has 0 aromatic heterocycles. The number of hydrogen-bond donors (Lipinski definition) is 1. The van der Waals surface area contributed by atoms with Gasteiger partial charge in [0.25, 0.3) is 0 Å². The van der Waals surface area contributed by atoms with Crippen LogP contribution in [-0.2, 0) is 6.54 Å². The summed E-state index contributed by atoms with van der Waals surface area (Å²) in [5.41, 5.74) is 1.15. The van der Waals surface area contributed by atoms with Gasteiger partial charge in [0, 0.05) is 19.0 Å². The lowest BCUT2D eigenvalue weighted by Gasteiger charge is -2.10. The molecule has 0 aliphatic carbocycles. The molecule has 0 spiro atoms. The van der Waals surface area contributed by atoms with Gasteiger partial charge in [-0.15, -0.1) is 12.3 Å². The van der Waals surface area contributed by atoms with Crippen LogP contribution in [0.25, 0.3) is 0 Å². The topological polar surface area (TPSA) is 21.3 Å². The summed E-state index contributed by atoms with van der Waals surface area (Å²) >= 11 is 6.12. The average Bonchev–Trinajstić information content (AvgIpc) is 2.29. The van der Waals surface area contributed by atoms with Crippen LogP contribution in [0, 0.1) is 12.3 Å². The molecular weight excluding hydrogens is 234 g/mol. The molecule has 0 aliphatic heterocycles. The summed E-state index contributed by atoms with van der Waals surface area (Å²) in [6.07, 6.45) is 5.74. The molecule has 0 aliphatic rings. The van der Waals surface area contributed by atoms with Crippen LogP contribution < -0.4 is 10.1 Å². The van der Waals surface area contributed by atoms with E-state index >= 15 is 0 Å². The van der Waals surface area contributed by atoms with Gasteiger partial charge in [0.05, 0.1) is 11.6 Å². The van der Waals surface area contributed by atoms with E-state index in [0.29, 0.717) is 29.8 Å². The van der Waals surface area contributed by atoms with Crippen molar-refractivity contribution in [1.29, 1.82) is 0 Å². The van der Waals surface area contributed by atoms with Crippen LogP contribution in [0.5, 0.6) is 5.75 Å². The SMILES string of the molecule is C#CCCOc1ccc(CNC(C)C)cc1Cl. The van der Waals surface area contributed by atoms with Crippen LogP contribution in [0.1, 0.15) is 25.8 Å². The van der Waals surface area contributed by atoms with Gasteiger partial charge in [0.2, 0.25) is 0 Å². The quantitative estimate of drug-likeness (QED) is 0.619. The summed E-state index contributed by atoms with van der Waals surface area (Å²) in [5, 5.41) is 3.96. The molecule has 3 heteroatoms. The van der Waals surface area contributed by atoms with Gasteiger partial charge in [-0.2, -0.15) is 0 Å². The fraction of sp³-hybridized carbons (Fsp3) is 0.429. The van der Waals surface area contributed by atoms with E-state index in [4.69, 9.17) is 22.8 Å². The Balaban J connectivity index is 2.57. The van der Waals surface area contributed by atoms with Crippen molar-refractivity contribution in [2.45, 2.75) is 32.9 Å². The molecule has 0 bridgehead atoms. The van der Waals surface area contributed by atoms with Crippen LogP contribution in [0.15, 0.2) is 18.2 Å². The summed E-state index contributed by atoms with van der Waals surface area (Å²) in [4.78, 5) is 0. The van der Waals surface area contributed by atoms with E-state index in [9.17, 15) is 0 Å². The summed E-state index contributed by atoms with van der Waals surface area (Å²) in [7, 11) is 0. The maximum absolute atomic E-state index is 6.12. The number of hydrogen-bond acceptors (Lipinski definition) is 2. The number of terminal acetylenes is 1. The molecule has 0 saturated heterocycles. The van der Waals surface area contributed by atoms with Crippen molar-refractivity contribution in [3.8, 4) is 18.1 Å². The smallest absolute Gasteiger partial charge is 0.137 e. The van der Waals surface area contributed by atoms with Gasteiger partial charge in [0.15, 0.2) is 0 Å². The third kappa shape index (κ3) is 5.12. The lowest BCUT2D eigenvalue weighted by molar-refractivity contribution is 0.327. The minimum atomic E-state index is 0.459. The van der Waals surface area contributed by atoms with Crippen LogP contribution >= 0.6 is 11.6 Å². The molecule has 0 amide bonds. The van der Waals surface area contributed by atoms with Crippen molar-refractivity contribution in [2.75, 3.05) is 6.61 Å². The largest absolute Gasteiger partial charge is 0.491 e. The van der Waals surface area contributed by atoms with E-state index < -0.39 is 0 Å². The summed E-state index contributed by atoms with van der Waals surface area (Å²) in [6.45, 7) is 5.53. The number of ether oxygens (including phenoxy) is 1. The van der Waals surface area contributed by atoms with Crippen molar-refractivity contribution in [3.05, 3.63) is 28.8 Å². The number of benzene rings is 1. The fourth-order valence-electron chi connectivity index (χ4n) is 1.31. The Morgan fingerprint density at radius 2 is 2.24 bits per heavy atom. The predicted octanol–water partition coefficient (Wildman–Crippen LogP) is 3.24. The first kappa shape index (κ1) is 13.9. The maximum atomic E-state index is 6.12. The molecule has 0 heterocycles. The van der Waals surface area contributed by atoms with Gasteiger partial charge in [-0.05, 0) is 17.7 Å². The molecule has 1 rings (SSSR count). The Labute approximate surface area is 108 Å². The van der Waals surface area contributed by atoms with E-state index in [-0.39, 0.29) is 0 Å². The van der Waals surface area contributed by atoms with E-state index in [1.54, 1.807) is 0 Å². The molecule has 1 aromatic rings. The zero-order valence-corrected chi connectivity index (χ0v) is 11.1. The van der Waals surface area contributed by atoms with E-state index in [0.717, 1.165) is 12.1 Å². The summed E-state index contributed by atoms with van der Waals surface area (Å²) in [5.74, 6) is 3.21. The second-order valence-electron chi connectivity index (χ2n) is 4.10. The van der Waals surface area contributed by atoms with Crippen LogP contribution in [-0.4, -0.2) is 12.6 Å². The van der Waals surface area contributed by atoms with Crippen LogP contribution in [0.3, 0.4) is 0 Å². The molecule has 17 heavy (non-hydrogen) atoms. The molecule has 0 fully saturated rings. The Kier molecular flexibility index (Phi) is 5.90. The molecule has 0 atom stereocenters. The van der Waals surface area contributed by atoms with Crippen LogP contribution in [0.4, 0.5) is 0 Å². The Hall–Kier alpha value is -1.17. The van der Waals surface area contributed by atoms with E-state index in [1.807, 2.05) is 18.2 Å². The molecule has 0 radical (unpaired) electrons. The molecule has 2 nitrogen and oxygen atoms in total.